The molecule has 1 aliphatic carbocycles. The number of benzene rings is 1. The fraction of sp³-hybridized carbons (Fsp3) is 0.562. The van der Waals surface area contributed by atoms with Gasteiger partial charge in [-0.2, -0.15) is 0 Å². The van der Waals surface area contributed by atoms with Crippen molar-refractivity contribution in [2.45, 2.75) is 37.6 Å². The van der Waals surface area contributed by atoms with Crippen molar-refractivity contribution in [1.29, 1.82) is 0 Å². The summed E-state index contributed by atoms with van der Waals surface area (Å²) in [5, 5.41) is 3.17. The Labute approximate surface area is 115 Å². The lowest BCUT2D eigenvalue weighted by atomic mass is 10.1. The van der Waals surface area contributed by atoms with Crippen molar-refractivity contribution < 1.29 is 4.79 Å². The first-order valence-corrected chi connectivity index (χ1v) is 7.39. The summed E-state index contributed by atoms with van der Waals surface area (Å²) in [5.41, 5.74) is 1.35. The Hall–Kier alpha value is -1.35. The van der Waals surface area contributed by atoms with Crippen LogP contribution in [0.3, 0.4) is 0 Å². The van der Waals surface area contributed by atoms with E-state index < -0.39 is 0 Å². The molecular formula is C16H22N2O. The van der Waals surface area contributed by atoms with E-state index in [1.807, 2.05) is 6.07 Å². The van der Waals surface area contributed by atoms with Gasteiger partial charge < -0.3 is 5.32 Å². The number of carbonyl (C=O) groups excluding carboxylic acids is 1. The van der Waals surface area contributed by atoms with Crippen LogP contribution >= 0.6 is 0 Å². The van der Waals surface area contributed by atoms with Crippen LogP contribution in [0.2, 0.25) is 0 Å². The summed E-state index contributed by atoms with van der Waals surface area (Å²) < 4.78 is 0. The van der Waals surface area contributed by atoms with Gasteiger partial charge in [0, 0.05) is 12.0 Å². The van der Waals surface area contributed by atoms with Gasteiger partial charge in [0.2, 0.25) is 5.91 Å². The average Bonchev–Trinajstić information content (AvgIpc) is 3.20. The molecule has 19 heavy (non-hydrogen) atoms. The Bertz CT molecular complexity index is 426. The third-order valence-electron chi connectivity index (χ3n) is 4.18. The maximum atomic E-state index is 12.0. The first-order chi connectivity index (χ1) is 9.33. The molecule has 3 nitrogen and oxygen atoms in total. The van der Waals surface area contributed by atoms with Crippen LogP contribution in [0.1, 0.15) is 37.2 Å². The molecule has 1 aliphatic heterocycles. The van der Waals surface area contributed by atoms with Gasteiger partial charge in [-0.05, 0) is 37.9 Å². The van der Waals surface area contributed by atoms with Gasteiger partial charge in [-0.1, -0.05) is 36.8 Å². The van der Waals surface area contributed by atoms with Gasteiger partial charge in [0.05, 0.1) is 6.54 Å². The minimum Gasteiger partial charge on any atom is -0.352 e. The van der Waals surface area contributed by atoms with Crippen molar-refractivity contribution in [3.8, 4) is 0 Å². The molecule has 1 amide bonds. The van der Waals surface area contributed by atoms with Gasteiger partial charge in [-0.15, -0.1) is 0 Å². The summed E-state index contributed by atoms with van der Waals surface area (Å²) in [6, 6.07) is 10.8. The Balaban J connectivity index is 1.44. The quantitative estimate of drug-likeness (QED) is 0.897. The molecule has 3 heteroatoms. The topological polar surface area (TPSA) is 32.3 Å². The molecule has 0 aromatic heterocycles. The van der Waals surface area contributed by atoms with Crippen LogP contribution in [0.5, 0.6) is 0 Å². The fourth-order valence-electron chi connectivity index (χ4n) is 3.00. The molecule has 2 fully saturated rings. The van der Waals surface area contributed by atoms with E-state index >= 15 is 0 Å². The summed E-state index contributed by atoms with van der Waals surface area (Å²) in [4.78, 5) is 14.3. The molecule has 0 bridgehead atoms. The smallest absolute Gasteiger partial charge is 0.234 e. The zero-order valence-electron chi connectivity index (χ0n) is 11.3. The highest BCUT2D eigenvalue weighted by Crippen LogP contribution is 2.40. The molecule has 102 valence electrons. The van der Waals surface area contributed by atoms with Crippen LogP contribution in [-0.4, -0.2) is 36.5 Å². The summed E-state index contributed by atoms with van der Waals surface area (Å²) in [6.45, 7) is 2.75. The molecule has 0 spiro atoms. The molecule has 0 unspecified atom stereocenters. The predicted octanol–water partition coefficient (Wildman–Crippen LogP) is 2.14. The Kier molecular flexibility index (Phi) is 3.83. The Morgan fingerprint density at radius 2 is 1.89 bits per heavy atom. The van der Waals surface area contributed by atoms with Gasteiger partial charge in [-0.25, -0.2) is 0 Å². The van der Waals surface area contributed by atoms with Gasteiger partial charge in [0.25, 0.3) is 0 Å². The van der Waals surface area contributed by atoms with Gasteiger partial charge in [0.1, 0.15) is 0 Å². The standard InChI is InChI=1S/C16H22N2O/c19-16(12-18-9-5-2-6-10-18)17-15-11-14(15)13-7-3-1-4-8-13/h1,3-4,7-8,14-15H,2,5-6,9-12H2,(H,17,19)/t14-,15+/m0/s1. The normalized spacial score (nSPS) is 26.9. The molecular weight excluding hydrogens is 236 g/mol. The number of amides is 1. The van der Waals surface area contributed by atoms with Crippen LogP contribution in [0.15, 0.2) is 30.3 Å². The molecule has 3 rings (SSSR count). The monoisotopic (exact) mass is 258 g/mol. The van der Waals surface area contributed by atoms with E-state index in [2.05, 4.69) is 34.5 Å². The van der Waals surface area contributed by atoms with Crippen molar-refractivity contribution >= 4 is 5.91 Å². The second-order valence-electron chi connectivity index (χ2n) is 5.76. The summed E-state index contributed by atoms with van der Waals surface area (Å²) >= 11 is 0. The molecule has 2 atom stereocenters. The van der Waals surface area contributed by atoms with Crippen LogP contribution in [0.25, 0.3) is 0 Å². The minimum atomic E-state index is 0.199. The van der Waals surface area contributed by atoms with Crippen LogP contribution in [0.4, 0.5) is 0 Å². The minimum absolute atomic E-state index is 0.199. The van der Waals surface area contributed by atoms with Crippen molar-refractivity contribution in [3.63, 3.8) is 0 Å². The van der Waals surface area contributed by atoms with E-state index in [1.165, 1.54) is 24.8 Å². The number of rotatable bonds is 4. The number of nitrogens with one attached hydrogen (secondary N) is 1. The summed E-state index contributed by atoms with van der Waals surface area (Å²) in [6.07, 6.45) is 4.89. The molecule has 1 N–H and O–H groups in total. The summed E-state index contributed by atoms with van der Waals surface area (Å²) in [5.74, 6) is 0.733. The number of hydrogen-bond acceptors (Lipinski definition) is 2. The highest BCUT2D eigenvalue weighted by molar-refractivity contribution is 5.79. The Morgan fingerprint density at radius 1 is 1.16 bits per heavy atom. The van der Waals surface area contributed by atoms with Gasteiger partial charge in [0.15, 0.2) is 0 Å². The number of likely N-dealkylation sites (tertiary alicyclic amines) is 1. The van der Waals surface area contributed by atoms with Gasteiger partial charge >= 0.3 is 0 Å². The maximum absolute atomic E-state index is 12.0. The lowest BCUT2D eigenvalue weighted by Gasteiger charge is -2.25. The molecule has 1 aromatic rings. The summed E-state index contributed by atoms with van der Waals surface area (Å²) in [7, 11) is 0. The molecule has 1 aromatic carbocycles. The maximum Gasteiger partial charge on any atom is 0.234 e. The lowest BCUT2D eigenvalue weighted by Crippen LogP contribution is -2.40. The molecule has 0 radical (unpaired) electrons. The zero-order valence-corrected chi connectivity index (χ0v) is 11.3. The van der Waals surface area contributed by atoms with Crippen molar-refractivity contribution in [3.05, 3.63) is 35.9 Å². The molecule has 1 saturated heterocycles. The van der Waals surface area contributed by atoms with Crippen molar-refractivity contribution in [2.24, 2.45) is 0 Å². The van der Waals surface area contributed by atoms with E-state index in [4.69, 9.17) is 0 Å². The number of carbonyl (C=O) groups is 1. The fourth-order valence-corrected chi connectivity index (χ4v) is 3.00. The van der Waals surface area contributed by atoms with E-state index in [0.717, 1.165) is 19.5 Å². The lowest BCUT2D eigenvalue weighted by molar-refractivity contribution is -0.122. The van der Waals surface area contributed by atoms with Crippen molar-refractivity contribution in [1.82, 2.24) is 10.2 Å². The predicted molar refractivity (Wildman–Crippen MR) is 76.0 cm³/mol. The van der Waals surface area contributed by atoms with E-state index in [1.54, 1.807) is 0 Å². The third kappa shape index (κ3) is 3.35. The average molecular weight is 258 g/mol. The SMILES string of the molecule is O=C(CN1CCCCC1)N[C@@H]1C[C@H]1c1ccccc1. The number of hydrogen-bond donors (Lipinski definition) is 1. The van der Waals surface area contributed by atoms with Crippen LogP contribution in [-0.2, 0) is 4.79 Å². The van der Waals surface area contributed by atoms with E-state index in [0.29, 0.717) is 18.5 Å². The second-order valence-corrected chi connectivity index (χ2v) is 5.76. The molecule has 2 aliphatic rings. The largest absolute Gasteiger partial charge is 0.352 e. The first kappa shape index (κ1) is 12.7. The molecule has 1 saturated carbocycles. The highest BCUT2D eigenvalue weighted by atomic mass is 16.2. The number of piperidine rings is 1. The zero-order chi connectivity index (χ0) is 13.1. The Morgan fingerprint density at radius 3 is 2.63 bits per heavy atom. The highest BCUT2D eigenvalue weighted by Gasteiger charge is 2.39. The van der Waals surface area contributed by atoms with Gasteiger partial charge in [-0.3, -0.25) is 9.69 Å². The van der Waals surface area contributed by atoms with Crippen LogP contribution < -0.4 is 5.32 Å². The second kappa shape index (κ2) is 5.74. The first-order valence-electron chi connectivity index (χ1n) is 7.39. The van der Waals surface area contributed by atoms with E-state index in [-0.39, 0.29) is 5.91 Å². The number of nitrogens with zero attached hydrogens (tertiary/aromatic N) is 1. The third-order valence-corrected chi connectivity index (χ3v) is 4.18. The van der Waals surface area contributed by atoms with Crippen molar-refractivity contribution in [2.75, 3.05) is 19.6 Å². The van der Waals surface area contributed by atoms with E-state index in [9.17, 15) is 4.79 Å². The van der Waals surface area contributed by atoms with Crippen LogP contribution in [0, 0.1) is 0 Å². The molecule has 1 heterocycles.